The number of hydrogen-bond donors (Lipinski definition) is 1. The van der Waals surface area contributed by atoms with E-state index in [1.54, 1.807) is 0 Å². The Morgan fingerprint density at radius 2 is 1.79 bits per heavy atom. The van der Waals surface area contributed by atoms with Crippen molar-refractivity contribution in [3.63, 3.8) is 0 Å². The predicted octanol–water partition coefficient (Wildman–Crippen LogP) is 3.45. The number of sulfone groups is 1. The van der Waals surface area contributed by atoms with Crippen LogP contribution in [0.5, 0.6) is 0 Å². The molecular formula is C17H15ClFNO3S. The fourth-order valence-corrected chi connectivity index (χ4v) is 3.89. The number of benzene rings is 2. The third kappa shape index (κ3) is 3.76. The summed E-state index contributed by atoms with van der Waals surface area (Å²) < 4.78 is 38.3. The van der Waals surface area contributed by atoms with Crippen LogP contribution >= 0.6 is 11.6 Å². The Morgan fingerprint density at radius 1 is 1.12 bits per heavy atom. The minimum absolute atomic E-state index is 0.0597. The summed E-state index contributed by atoms with van der Waals surface area (Å²) >= 11 is 5.98. The number of nitrogens with one attached hydrogen (secondary N) is 1. The maximum atomic E-state index is 13.0. The molecule has 24 heavy (non-hydrogen) atoms. The van der Waals surface area contributed by atoms with Gasteiger partial charge < -0.3 is 5.32 Å². The quantitative estimate of drug-likeness (QED) is 0.823. The molecule has 1 saturated carbocycles. The van der Waals surface area contributed by atoms with E-state index in [1.807, 2.05) is 0 Å². The Balaban J connectivity index is 1.92. The van der Waals surface area contributed by atoms with E-state index in [2.05, 4.69) is 5.32 Å². The molecule has 0 aliphatic heterocycles. The molecule has 1 amide bonds. The topological polar surface area (TPSA) is 63.2 Å². The molecule has 0 aromatic heterocycles. The highest BCUT2D eigenvalue weighted by Crippen LogP contribution is 2.28. The van der Waals surface area contributed by atoms with Gasteiger partial charge in [0.2, 0.25) is 9.84 Å². The van der Waals surface area contributed by atoms with E-state index in [1.165, 1.54) is 30.3 Å². The van der Waals surface area contributed by atoms with Crippen molar-refractivity contribution in [2.24, 2.45) is 5.92 Å². The monoisotopic (exact) mass is 367 g/mol. The van der Waals surface area contributed by atoms with Gasteiger partial charge in [-0.15, -0.1) is 0 Å². The third-order valence-electron chi connectivity index (χ3n) is 3.82. The molecule has 1 N–H and O–H groups in total. The molecular weight excluding hydrogens is 353 g/mol. The van der Waals surface area contributed by atoms with E-state index in [4.69, 9.17) is 11.6 Å². The van der Waals surface area contributed by atoms with Gasteiger partial charge in [-0.1, -0.05) is 11.6 Å². The molecule has 126 valence electrons. The van der Waals surface area contributed by atoms with Crippen LogP contribution in [-0.4, -0.2) is 20.9 Å². The van der Waals surface area contributed by atoms with Crippen molar-refractivity contribution in [2.75, 3.05) is 6.54 Å². The standard InChI is InChI=1S/C17H15ClFNO3S/c18-13-7-12(17(21)20-10-11-1-2-11)8-16(9-13)24(22,23)15-5-3-14(19)4-6-15/h3-9,11H,1-2,10H2,(H,20,21). The van der Waals surface area contributed by atoms with Crippen molar-refractivity contribution >= 4 is 27.3 Å². The summed E-state index contributed by atoms with van der Waals surface area (Å²) in [5.74, 6) is -0.379. The van der Waals surface area contributed by atoms with Crippen molar-refractivity contribution in [3.8, 4) is 0 Å². The van der Waals surface area contributed by atoms with Gasteiger partial charge in [-0.2, -0.15) is 0 Å². The SMILES string of the molecule is O=C(NCC1CC1)c1cc(Cl)cc(S(=O)(=O)c2ccc(F)cc2)c1. The zero-order valence-corrected chi connectivity index (χ0v) is 14.2. The van der Waals surface area contributed by atoms with E-state index in [0.29, 0.717) is 12.5 Å². The summed E-state index contributed by atoms with van der Waals surface area (Å²) in [7, 11) is -3.88. The van der Waals surface area contributed by atoms with Crippen LogP contribution in [0.15, 0.2) is 52.3 Å². The van der Waals surface area contributed by atoms with Gasteiger partial charge >= 0.3 is 0 Å². The molecule has 0 saturated heterocycles. The lowest BCUT2D eigenvalue weighted by molar-refractivity contribution is 0.0951. The summed E-state index contributed by atoms with van der Waals surface area (Å²) in [6.07, 6.45) is 2.19. The zero-order chi connectivity index (χ0) is 17.3. The lowest BCUT2D eigenvalue weighted by Crippen LogP contribution is -2.25. The molecule has 0 unspecified atom stereocenters. The fourth-order valence-electron chi connectivity index (χ4n) is 2.26. The summed E-state index contributed by atoms with van der Waals surface area (Å²) in [5, 5.41) is 2.92. The minimum atomic E-state index is -3.88. The van der Waals surface area contributed by atoms with E-state index in [0.717, 1.165) is 25.0 Å². The molecule has 0 atom stereocenters. The molecule has 3 rings (SSSR count). The van der Waals surface area contributed by atoms with Crippen LogP contribution in [0, 0.1) is 11.7 Å². The average Bonchev–Trinajstić information content (AvgIpc) is 3.36. The molecule has 7 heteroatoms. The van der Waals surface area contributed by atoms with Gasteiger partial charge in [0.1, 0.15) is 5.82 Å². The highest BCUT2D eigenvalue weighted by atomic mass is 35.5. The molecule has 0 radical (unpaired) electrons. The van der Waals surface area contributed by atoms with E-state index in [9.17, 15) is 17.6 Å². The third-order valence-corrected chi connectivity index (χ3v) is 5.78. The van der Waals surface area contributed by atoms with Crippen LogP contribution in [-0.2, 0) is 9.84 Å². The predicted molar refractivity (Wildman–Crippen MR) is 88.4 cm³/mol. The second-order valence-corrected chi connectivity index (χ2v) is 8.17. The van der Waals surface area contributed by atoms with Crippen molar-refractivity contribution < 1.29 is 17.6 Å². The van der Waals surface area contributed by atoms with E-state index in [-0.39, 0.29) is 26.3 Å². The Bertz CT molecular complexity index is 877. The van der Waals surface area contributed by atoms with Crippen LogP contribution in [0.25, 0.3) is 0 Å². The molecule has 2 aromatic carbocycles. The second kappa shape index (κ2) is 6.53. The second-order valence-electron chi connectivity index (χ2n) is 5.79. The summed E-state index contributed by atoms with van der Waals surface area (Å²) in [4.78, 5) is 12.0. The van der Waals surface area contributed by atoms with Gasteiger partial charge in [-0.05, 0) is 61.2 Å². The highest BCUT2D eigenvalue weighted by Gasteiger charge is 2.23. The highest BCUT2D eigenvalue weighted by molar-refractivity contribution is 7.91. The summed E-state index contributed by atoms with van der Waals surface area (Å²) in [5.41, 5.74) is 0.184. The van der Waals surface area contributed by atoms with Crippen molar-refractivity contribution in [2.45, 2.75) is 22.6 Å². The van der Waals surface area contributed by atoms with Crippen molar-refractivity contribution in [3.05, 3.63) is 58.9 Å². The number of amides is 1. The minimum Gasteiger partial charge on any atom is -0.352 e. The van der Waals surface area contributed by atoms with Gasteiger partial charge in [-0.25, -0.2) is 12.8 Å². The van der Waals surface area contributed by atoms with Gasteiger partial charge in [-0.3, -0.25) is 4.79 Å². The average molecular weight is 368 g/mol. The first-order chi connectivity index (χ1) is 11.4. The maximum Gasteiger partial charge on any atom is 0.251 e. The van der Waals surface area contributed by atoms with E-state index < -0.39 is 15.7 Å². The first-order valence-electron chi connectivity index (χ1n) is 7.46. The number of carbonyl (C=O) groups is 1. The van der Waals surface area contributed by atoms with E-state index >= 15 is 0 Å². The molecule has 1 fully saturated rings. The molecule has 0 spiro atoms. The summed E-state index contributed by atoms with van der Waals surface area (Å²) in [6, 6.07) is 8.48. The Kier molecular flexibility index (Phi) is 4.60. The Labute approximate surface area is 144 Å². The molecule has 4 nitrogen and oxygen atoms in total. The molecule has 0 bridgehead atoms. The van der Waals surface area contributed by atoms with Crippen molar-refractivity contribution in [1.82, 2.24) is 5.32 Å². The van der Waals surface area contributed by atoms with Crippen LogP contribution in [0.3, 0.4) is 0 Å². The molecule has 0 heterocycles. The first kappa shape index (κ1) is 16.9. The van der Waals surface area contributed by atoms with Gasteiger partial charge in [0.05, 0.1) is 9.79 Å². The van der Waals surface area contributed by atoms with Gasteiger partial charge in [0, 0.05) is 17.1 Å². The fraction of sp³-hybridized carbons (Fsp3) is 0.235. The number of carbonyl (C=O) groups excluding carboxylic acids is 1. The molecule has 1 aliphatic carbocycles. The van der Waals surface area contributed by atoms with Crippen molar-refractivity contribution in [1.29, 1.82) is 0 Å². The first-order valence-corrected chi connectivity index (χ1v) is 9.32. The Hall–Kier alpha value is -1.92. The normalized spacial score (nSPS) is 14.4. The molecule has 1 aliphatic rings. The van der Waals surface area contributed by atoms with Gasteiger partial charge in [0.25, 0.3) is 5.91 Å². The lowest BCUT2D eigenvalue weighted by atomic mass is 10.2. The number of hydrogen-bond acceptors (Lipinski definition) is 3. The van der Waals surface area contributed by atoms with Crippen LogP contribution in [0.1, 0.15) is 23.2 Å². The number of rotatable bonds is 5. The maximum absolute atomic E-state index is 13.0. The van der Waals surface area contributed by atoms with Gasteiger partial charge in [0.15, 0.2) is 0 Å². The Morgan fingerprint density at radius 3 is 2.42 bits per heavy atom. The smallest absolute Gasteiger partial charge is 0.251 e. The largest absolute Gasteiger partial charge is 0.352 e. The summed E-state index contributed by atoms with van der Waals surface area (Å²) in [6.45, 7) is 0.575. The van der Waals surface area contributed by atoms with Crippen LogP contribution in [0.4, 0.5) is 4.39 Å². The molecule has 2 aromatic rings. The van der Waals surface area contributed by atoms with Crippen LogP contribution in [0.2, 0.25) is 5.02 Å². The van der Waals surface area contributed by atoms with Crippen LogP contribution < -0.4 is 5.32 Å². The lowest BCUT2D eigenvalue weighted by Gasteiger charge is -2.09. The number of halogens is 2. The zero-order valence-electron chi connectivity index (χ0n) is 12.6.